The Labute approximate surface area is 118 Å². The first-order valence-corrected chi connectivity index (χ1v) is 6.74. The molecule has 5 nitrogen and oxygen atoms in total. The van der Waals surface area contributed by atoms with E-state index in [0.29, 0.717) is 19.6 Å². The van der Waals surface area contributed by atoms with Gasteiger partial charge in [-0.25, -0.2) is 4.79 Å². The molecule has 1 aliphatic rings. The molecule has 1 saturated heterocycles. The largest absolute Gasteiger partial charge is 0.480 e. The normalized spacial score (nSPS) is 20.4. The van der Waals surface area contributed by atoms with Crippen LogP contribution in [0.3, 0.4) is 0 Å². The lowest BCUT2D eigenvalue weighted by molar-refractivity contribution is -0.160. The first kappa shape index (κ1) is 14.5. The first-order valence-electron chi connectivity index (χ1n) is 6.74. The Morgan fingerprint density at radius 1 is 1.40 bits per heavy atom. The summed E-state index contributed by atoms with van der Waals surface area (Å²) in [6, 6.07) is 8.87. The van der Waals surface area contributed by atoms with Gasteiger partial charge in [-0.1, -0.05) is 37.3 Å². The van der Waals surface area contributed by atoms with Gasteiger partial charge in [0.2, 0.25) is 5.91 Å². The van der Waals surface area contributed by atoms with Gasteiger partial charge in [0.1, 0.15) is 0 Å². The van der Waals surface area contributed by atoms with Gasteiger partial charge in [-0.3, -0.25) is 4.79 Å². The number of carbonyl (C=O) groups is 2. The summed E-state index contributed by atoms with van der Waals surface area (Å²) in [4.78, 5) is 25.0. The lowest BCUT2D eigenvalue weighted by Gasteiger charge is -2.34. The number of carboxylic acid groups (broad SMARTS) is 1. The molecule has 0 unspecified atom stereocenters. The molecule has 0 bridgehead atoms. The van der Waals surface area contributed by atoms with Crippen LogP contribution in [0.1, 0.15) is 12.5 Å². The van der Waals surface area contributed by atoms with Crippen LogP contribution in [-0.4, -0.2) is 47.7 Å². The summed E-state index contributed by atoms with van der Waals surface area (Å²) in [6.07, 6.45) is 0.614. The Morgan fingerprint density at radius 2 is 2.10 bits per heavy atom. The van der Waals surface area contributed by atoms with Crippen molar-refractivity contribution in [1.29, 1.82) is 0 Å². The molecule has 1 fully saturated rings. The minimum absolute atomic E-state index is 0.0686. The Balaban J connectivity index is 2.03. The smallest absolute Gasteiger partial charge is 0.328 e. The van der Waals surface area contributed by atoms with Crippen molar-refractivity contribution in [2.24, 2.45) is 5.92 Å². The number of carbonyl (C=O) groups excluding carboxylic acids is 1. The molecule has 108 valence electrons. The Hall–Kier alpha value is -1.88. The van der Waals surface area contributed by atoms with E-state index in [2.05, 4.69) is 0 Å². The van der Waals surface area contributed by atoms with Gasteiger partial charge >= 0.3 is 5.97 Å². The van der Waals surface area contributed by atoms with Crippen molar-refractivity contribution < 1.29 is 19.4 Å². The highest BCUT2D eigenvalue weighted by molar-refractivity contribution is 5.85. The Kier molecular flexibility index (Phi) is 4.74. The molecule has 2 atom stereocenters. The number of ether oxygens (including phenoxy) is 1. The molecule has 1 amide bonds. The third-order valence-electron chi connectivity index (χ3n) is 3.50. The number of aliphatic carboxylic acids is 1. The van der Waals surface area contributed by atoms with Crippen LogP contribution in [0.2, 0.25) is 0 Å². The van der Waals surface area contributed by atoms with Crippen LogP contribution < -0.4 is 0 Å². The monoisotopic (exact) mass is 277 g/mol. The van der Waals surface area contributed by atoms with E-state index in [1.807, 2.05) is 37.3 Å². The van der Waals surface area contributed by atoms with Crippen LogP contribution in [0.15, 0.2) is 30.3 Å². The topological polar surface area (TPSA) is 66.8 Å². The minimum atomic E-state index is -1.01. The fourth-order valence-corrected chi connectivity index (χ4v) is 2.41. The molecule has 0 radical (unpaired) electrons. The third kappa shape index (κ3) is 3.36. The van der Waals surface area contributed by atoms with Crippen molar-refractivity contribution in [3.05, 3.63) is 35.9 Å². The van der Waals surface area contributed by atoms with Crippen LogP contribution in [-0.2, 0) is 20.7 Å². The second-order valence-corrected chi connectivity index (χ2v) is 5.05. The van der Waals surface area contributed by atoms with E-state index in [0.717, 1.165) is 5.56 Å². The average molecular weight is 277 g/mol. The summed E-state index contributed by atoms with van der Waals surface area (Å²) in [5.41, 5.74) is 1.08. The molecule has 20 heavy (non-hydrogen) atoms. The zero-order valence-corrected chi connectivity index (χ0v) is 11.5. The zero-order valence-electron chi connectivity index (χ0n) is 11.5. The van der Waals surface area contributed by atoms with E-state index in [4.69, 9.17) is 9.84 Å². The molecule has 0 aliphatic carbocycles. The summed E-state index contributed by atoms with van der Waals surface area (Å²) >= 11 is 0. The maximum Gasteiger partial charge on any atom is 0.328 e. The van der Waals surface area contributed by atoms with Gasteiger partial charge in [0.25, 0.3) is 0 Å². The van der Waals surface area contributed by atoms with Gasteiger partial charge in [-0.05, 0) is 12.0 Å². The highest BCUT2D eigenvalue weighted by Gasteiger charge is 2.34. The van der Waals surface area contributed by atoms with Crippen molar-refractivity contribution >= 4 is 11.9 Å². The number of carboxylic acids is 1. The van der Waals surface area contributed by atoms with Crippen molar-refractivity contribution in [2.45, 2.75) is 19.4 Å². The second-order valence-electron chi connectivity index (χ2n) is 5.05. The van der Waals surface area contributed by atoms with Gasteiger partial charge in [-0.2, -0.15) is 0 Å². The van der Waals surface area contributed by atoms with Gasteiger partial charge in [0, 0.05) is 12.5 Å². The second kappa shape index (κ2) is 6.52. The van der Waals surface area contributed by atoms with E-state index in [-0.39, 0.29) is 18.4 Å². The maximum atomic E-state index is 12.4. The molecule has 0 aromatic heterocycles. The highest BCUT2D eigenvalue weighted by Crippen LogP contribution is 2.16. The van der Waals surface area contributed by atoms with Gasteiger partial charge in [-0.15, -0.1) is 0 Å². The minimum Gasteiger partial charge on any atom is -0.480 e. The summed E-state index contributed by atoms with van der Waals surface area (Å²) in [5, 5.41) is 9.16. The molecule has 1 aromatic rings. The predicted molar refractivity (Wildman–Crippen MR) is 73.3 cm³/mol. The standard InChI is InChI=1S/C15H19NO4/c1-11(9-12-5-3-2-4-6-12)14(17)16-7-8-20-10-13(16)15(18)19/h2-6,11,13H,7-10H2,1H3,(H,18,19)/t11-,13-/m0/s1. The number of rotatable bonds is 4. The fraction of sp³-hybridized carbons (Fsp3) is 0.467. The van der Waals surface area contributed by atoms with Crippen LogP contribution >= 0.6 is 0 Å². The van der Waals surface area contributed by atoms with Gasteiger partial charge in [0.05, 0.1) is 13.2 Å². The predicted octanol–water partition coefficient (Wildman–Crippen LogP) is 1.18. The first-order chi connectivity index (χ1) is 9.59. The van der Waals surface area contributed by atoms with Crippen molar-refractivity contribution in [3.8, 4) is 0 Å². The quantitative estimate of drug-likeness (QED) is 0.897. The van der Waals surface area contributed by atoms with Crippen molar-refractivity contribution in [1.82, 2.24) is 4.90 Å². The molecular weight excluding hydrogens is 258 g/mol. The third-order valence-corrected chi connectivity index (χ3v) is 3.50. The lowest BCUT2D eigenvalue weighted by atomic mass is 9.99. The molecule has 2 rings (SSSR count). The van der Waals surface area contributed by atoms with E-state index in [9.17, 15) is 9.59 Å². The molecule has 5 heteroatoms. The van der Waals surface area contributed by atoms with Crippen LogP contribution in [0, 0.1) is 5.92 Å². The number of nitrogens with zero attached hydrogens (tertiary/aromatic N) is 1. The maximum absolute atomic E-state index is 12.4. The van der Waals surface area contributed by atoms with Crippen LogP contribution in [0.25, 0.3) is 0 Å². The fourth-order valence-electron chi connectivity index (χ4n) is 2.41. The molecule has 1 aliphatic heterocycles. The lowest BCUT2D eigenvalue weighted by Crippen LogP contribution is -2.54. The van der Waals surface area contributed by atoms with Crippen molar-refractivity contribution in [2.75, 3.05) is 19.8 Å². The number of amides is 1. The summed E-state index contributed by atoms with van der Waals surface area (Å²) < 4.78 is 5.15. The number of hydrogen-bond acceptors (Lipinski definition) is 3. The number of morpholine rings is 1. The molecule has 0 saturated carbocycles. The average Bonchev–Trinajstić information content (AvgIpc) is 2.47. The summed E-state index contributed by atoms with van der Waals surface area (Å²) in [5.74, 6) is -1.37. The SMILES string of the molecule is C[C@@H](Cc1ccccc1)C(=O)N1CCOC[C@H]1C(=O)O. The molecule has 0 spiro atoms. The van der Waals surface area contributed by atoms with Crippen molar-refractivity contribution in [3.63, 3.8) is 0 Å². The van der Waals surface area contributed by atoms with E-state index in [1.165, 1.54) is 4.90 Å². The molecular formula is C15H19NO4. The van der Waals surface area contributed by atoms with E-state index in [1.54, 1.807) is 0 Å². The molecule has 1 heterocycles. The molecule has 1 aromatic carbocycles. The van der Waals surface area contributed by atoms with Gasteiger partial charge < -0.3 is 14.7 Å². The number of benzene rings is 1. The van der Waals surface area contributed by atoms with E-state index >= 15 is 0 Å². The number of hydrogen-bond donors (Lipinski definition) is 1. The van der Waals surface area contributed by atoms with E-state index < -0.39 is 12.0 Å². The Bertz CT molecular complexity index is 474. The summed E-state index contributed by atoms with van der Waals surface area (Å²) in [7, 11) is 0. The highest BCUT2D eigenvalue weighted by atomic mass is 16.5. The zero-order chi connectivity index (χ0) is 14.5. The Morgan fingerprint density at radius 3 is 2.75 bits per heavy atom. The van der Waals surface area contributed by atoms with Gasteiger partial charge in [0.15, 0.2) is 6.04 Å². The molecule has 1 N–H and O–H groups in total. The van der Waals surface area contributed by atoms with Crippen LogP contribution in [0.5, 0.6) is 0 Å². The summed E-state index contributed by atoms with van der Waals surface area (Å²) in [6.45, 7) is 2.64. The van der Waals surface area contributed by atoms with Crippen LogP contribution in [0.4, 0.5) is 0 Å².